The van der Waals surface area contributed by atoms with E-state index in [0.717, 1.165) is 36.0 Å². The quantitative estimate of drug-likeness (QED) is 0.754. The van der Waals surface area contributed by atoms with Gasteiger partial charge in [0.1, 0.15) is 0 Å². The molecule has 2 nitrogen and oxygen atoms in total. The number of aliphatic hydroxyl groups is 2. The van der Waals surface area contributed by atoms with Gasteiger partial charge in [-0.3, -0.25) is 0 Å². The number of rotatable bonds is 1. The first-order chi connectivity index (χ1) is 11.4. The monoisotopic (exact) mass is 332 g/mol. The topological polar surface area (TPSA) is 40.5 Å². The minimum atomic E-state index is -0.276. The third kappa shape index (κ3) is 1.85. The van der Waals surface area contributed by atoms with Crippen LogP contribution in [0.1, 0.15) is 72.1 Å². The van der Waals surface area contributed by atoms with E-state index < -0.39 is 0 Å². The molecular weight excluding hydrogens is 296 g/mol. The van der Waals surface area contributed by atoms with Gasteiger partial charge >= 0.3 is 0 Å². The first kappa shape index (κ1) is 16.1. The number of fused-ring (bicyclic) bond motifs is 7. The average molecular weight is 333 g/mol. The van der Waals surface area contributed by atoms with Crippen LogP contribution in [0.25, 0.3) is 0 Å². The van der Waals surface area contributed by atoms with Crippen molar-refractivity contribution < 1.29 is 10.2 Å². The highest BCUT2D eigenvalue weighted by atomic mass is 16.3. The molecule has 2 N–H and O–H groups in total. The fraction of sp³-hybridized carbons (Fsp3) is 1.00. The van der Waals surface area contributed by atoms with Crippen LogP contribution in [0.3, 0.4) is 0 Å². The van der Waals surface area contributed by atoms with Crippen LogP contribution in [-0.2, 0) is 0 Å². The molecule has 0 aromatic rings. The van der Waals surface area contributed by atoms with Crippen molar-refractivity contribution in [3.8, 4) is 0 Å². The lowest BCUT2D eigenvalue weighted by atomic mass is 9.49. The number of hydrogen-bond acceptors (Lipinski definition) is 2. The summed E-state index contributed by atoms with van der Waals surface area (Å²) in [7, 11) is 0. The fourth-order valence-corrected chi connectivity index (χ4v) is 9.07. The van der Waals surface area contributed by atoms with Gasteiger partial charge in [0, 0.05) is 0 Å². The van der Waals surface area contributed by atoms with Crippen LogP contribution in [0.2, 0.25) is 0 Å². The Morgan fingerprint density at radius 1 is 0.875 bits per heavy atom. The summed E-state index contributed by atoms with van der Waals surface area (Å²) in [6, 6.07) is 0. The van der Waals surface area contributed by atoms with Crippen molar-refractivity contribution in [2.45, 2.75) is 83.8 Å². The molecule has 11 atom stereocenters. The summed E-state index contributed by atoms with van der Waals surface area (Å²) in [5, 5.41) is 21.1. The van der Waals surface area contributed by atoms with Crippen LogP contribution in [-0.4, -0.2) is 21.9 Å². The Hall–Kier alpha value is -0.0800. The lowest BCUT2D eigenvalue weighted by Crippen LogP contribution is -2.50. The van der Waals surface area contributed by atoms with Gasteiger partial charge in [0.15, 0.2) is 0 Å². The molecule has 0 aromatic heterocycles. The van der Waals surface area contributed by atoms with Gasteiger partial charge in [0.05, 0.1) is 11.7 Å². The maximum Gasteiger partial charge on any atom is 0.0711 e. The van der Waals surface area contributed by atoms with E-state index in [2.05, 4.69) is 13.8 Å². The lowest BCUT2D eigenvalue weighted by molar-refractivity contribution is -0.0904. The molecule has 24 heavy (non-hydrogen) atoms. The number of hydrogen-bond donors (Lipinski definition) is 2. The highest BCUT2D eigenvalue weighted by Gasteiger charge is 2.69. The summed E-state index contributed by atoms with van der Waals surface area (Å²) in [6.45, 7) is 6.83. The molecule has 5 aliphatic rings. The summed E-state index contributed by atoms with van der Waals surface area (Å²) < 4.78 is 0. The van der Waals surface area contributed by atoms with E-state index in [9.17, 15) is 10.2 Å². The van der Waals surface area contributed by atoms with Crippen LogP contribution in [0.15, 0.2) is 0 Å². The van der Waals surface area contributed by atoms with Gasteiger partial charge < -0.3 is 10.2 Å². The molecule has 5 aliphatic carbocycles. The van der Waals surface area contributed by atoms with Crippen LogP contribution in [0, 0.1) is 52.8 Å². The average Bonchev–Trinajstić information content (AvgIpc) is 2.92. The largest absolute Gasteiger partial charge is 0.393 e. The second-order valence-electron chi connectivity index (χ2n) is 10.7. The molecule has 3 unspecified atom stereocenters. The molecule has 0 aliphatic heterocycles. The van der Waals surface area contributed by atoms with Crippen molar-refractivity contribution >= 4 is 0 Å². The third-order valence-electron chi connectivity index (χ3n) is 10.2. The SMILES string of the molecule is CC(O)C1CC[C@H]2[C@@H]3CC[C@H]4C5[C@@H](C)[C@@]5(O)CC[C@@H]4[C@H]3CC[C@]12C. The van der Waals surface area contributed by atoms with Gasteiger partial charge in [-0.1, -0.05) is 13.8 Å². The molecule has 0 radical (unpaired) electrons. The molecule has 5 fully saturated rings. The molecule has 0 spiro atoms. The lowest BCUT2D eigenvalue weighted by Gasteiger charge is -2.56. The van der Waals surface area contributed by atoms with Crippen LogP contribution < -0.4 is 0 Å². The second kappa shape index (κ2) is 5.00. The van der Waals surface area contributed by atoms with Gasteiger partial charge in [-0.15, -0.1) is 0 Å². The van der Waals surface area contributed by atoms with Gasteiger partial charge in [-0.2, -0.15) is 0 Å². The van der Waals surface area contributed by atoms with Gasteiger partial charge in [-0.25, -0.2) is 0 Å². The first-order valence-corrected chi connectivity index (χ1v) is 10.8. The van der Waals surface area contributed by atoms with E-state index in [0.29, 0.717) is 23.2 Å². The molecule has 0 amide bonds. The van der Waals surface area contributed by atoms with Gasteiger partial charge in [-0.05, 0) is 111 Å². The van der Waals surface area contributed by atoms with Gasteiger partial charge in [0.25, 0.3) is 0 Å². The standard InChI is InChI=1S/C22H36O2/c1-12-20-17-5-4-16-14(15(17)9-11-22(12,20)24)8-10-21(3)18(13(2)23)6-7-19(16)21/h12-20,23-24H,4-11H2,1-3H3/t12-,13?,14-,15-,16-,17-,18?,19+,20?,21-,22+/m1/s1. The van der Waals surface area contributed by atoms with Crippen LogP contribution in [0.5, 0.6) is 0 Å². The van der Waals surface area contributed by atoms with E-state index in [1.807, 2.05) is 6.92 Å². The zero-order valence-corrected chi connectivity index (χ0v) is 15.7. The Morgan fingerprint density at radius 2 is 1.54 bits per heavy atom. The molecule has 0 heterocycles. The molecule has 0 bridgehead atoms. The minimum absolute atomic E-state index is 0.134. The molecular formula is C22H36O2. The molecule has 2 heteroatoms. The highest BCUT2D eigenvalue weighted by molar-refractivity contribution is 5.18. The van der Waals surface area contributed by atoms with Crippen molar-refractivity contribution in [1.29, 1.82) is 0 Å². The molecule has 0 saturated heterocycles. The zero-order valence-electron chi connectivity index (χ0n) is 15.7. The Labute approximate surface area is 147 Å². The fourth-order valence-electron chi connectivity index (χ4n) is 9.07. The van der Waals surface area contributed by atoms with E-state index in [1.165, 1.54) is 44.9 Å². The zero-order chi connectivity index (χ0) is 16.9. The minimum Gasteiger partial charge on any atom is -0.393 e. The Morgan fingerprint density at radius 3 is 2.29 bits per heavy atom. The molecule has 136 valence electrons. The first-order valence-electron chi connectivity index (χ1n) is 10.8. The van der Waals surface area contributed by atoms with Crippen LogP contribution in [0.4, 0.5) is 0 Å². The highest BCUT2D eigenvalue weighted by Crippen LogP contribution is 2.70. The summed E-state index contributed by atoms with van der Waals surface area (Å²) >= 11 is 0. The normalized spacial score (nSPS) is 62.9. The summed E-state index contributed by atoms with van der Waals surface area (Å²) in [6.07, 6.45) is 10.3. The van der Waals surface area contributed by atoms with Crippen molar-refractivity contribution in [1.82, 2.24) is 0 Å². The van der Waals surface area contributed by atoms with E-state index in [-0.39, 0.29) is 11.7 Å². The van der Waals surface area contributed by atoms with Crippen molar-refractivity contribution in [2.75, 3.05) is 0 Å². The molecule has 5 saturated carbocycles. The summed E-state index contributed by atoms with van der Waals surface area (Å²) in [4.78, 5) is 0. The number of aliphatic hydroxyl groups excluding tert-OH is 1. The van der Waals surface area contributed by atoms with Crippen molar-refractivity contribution in [3.05, 3.63) is 0 Å². The van der Waals surface area contributed by atoms with Gasteiger partial charge in [0.2, 0.25) is 0 Å². The maximum atomic E-state index is 10.8. The summed E-state index contributed by atoms with van der Waals surface area (Å²) in [5.41, 5.74) is 0.117. The van der Waals surface area contributed by atoms with Crippen molar-refractivity contribution in [3.63, 3.8) is 0 Å². The Balaban J connectivity index is 1.39. The van der Waals surface area contributed by atoms with E-state index in [4.69, 9.17) is 0 Å². The predicted molar refractivity (Wildman–Crippen MR) is 95.3 cm³/mol. The molecule has 0 aromatic carbocycles. The van der Waals surface area contributed by atoms with E-state index in [1.54, 1.807) is 0 Å². The smallest absolute Gasteiger partial charge is 0.0711 e. The maximum absolute atomic E-state index is 10.8. The third-order valence-corrected chi connectivity index (χ3v) is 10.2. The molecule has 5 rings (SSSR count). The summed E-state index contributed by atoms with van der Waals surface area (Å²) in [5.74, 6) is 6.12. The van der Waals surface area contributed by atoms with Crippen molar-refractivity contribution in [2.24, 2.45) is 52.8 Å². The predicted octanol–water partition coefficient (Wildman–Crippen LogP) is 4.24. The van der Waals surface area contributed by atoms with E-state index >= 15 is 0 Å². The van der Waals surface area contributed by atoms with Crippen LogP contribution >= 0.6 is 0 Å². The second-order valence-corrected chi connectivity index (χ2v) is 10.7. The Bertz CT molecular complexity index is 530. The Kier molecular flexibility index (Phi) is 3.36.